The minimum absolute atomic E-state index is 0.188. The van der Waals surface area contributed by atoms with E-state index in [2.05, 4.69) is 15.6 Å². The van der Waals surface area contributed by atoms with Crippen molar-refractivity contribution in [3.8, 4) is 22.7 Å². The Labute approximate surface area is 179 Å². The average Bonchev–Trinajstić information content (AvgIpc) is 3.09. The van der Waals surface area contributed by atoms with Crippen LogP contribution in [0.4, 0.5) is 4.39 Å². The van der Waals surface area contributed by atoms with Crippen molar-refractivity contribution in [3.63, 3.8) is 0 Å². The normalized spacial score (nSPS) is 11.6. The zero-order chi connectivity index (χ0) is 22.5. The van der Waals surface area contributed by atoms with E-state index in [9.17, 15) is 14.0 Å². The molecule has 0 saturated carbocycles. The van der Waals surface area contributed by atoms with E-state index in [0.717, 1.165) is 5.56 Å². The summed E-state index contributed by atoms with van der Waals surface area (Å²) in [4.78, 5) is 25.3. The molecule has 1 heterocycles. The lowest BCUT2D eigenvalue weighted by atomic mass is 10.1. The van der Waals surface area contributed by atoms with E-state index in [4.69, 9.17) is 4.74 Å². The molecule has 0 radical (unpaired) electrons. The Morgan fingerprint density at radius 2 is 1.81 bits per heavy atom. The highest BCUT2D eigenvalue weighted by Crippen LogP contribution is 2.24. The zero-order valence-corrected chi connectivity index (χ0v) is 17.9. The van der Waals surface area contributed by atoms with Crippen LogP contribution in [0.3, 0.4) is 0 Å². The minimum atomic E-state index is -0.399. The van der Waals surface area contributed by atoms with E-state index >= 15 is 0 Å². The maximum Gasteiger partial charge on any atom is 0.281 e. The number of hydrogen-bond donors (Lipinski definition) is 2. The molecular weight excluding hydrogens is 399 g/mol. The van der Waals surface area contributed by atoms with Gasteiger partial charge in [-0.25, -0.2) is 14.5 Å². The molecule has 7 nitrogen and oxygen atoms in total. The lowest BCUT2D eigenvalue weighted by molar-refractivity contribution is -0.121. The van der Waals surface area contributed by atoms with Crippen LogP contribution in [0.25, 0.3) is 16.9 Å². The summed E-state index contributed by atoms with van der Waals surface area (Å²) in [6.07, 6.45) is 0.328. The van der Waals surface area contributed by atoms with Crippen LogP contribution in [0.2, 0.25) is 0 Å². The van der Waals surface area contributed by atoms with Crippen LogP contribution in [0.15, 0.2) is 58.4 Å². The molecule has 8 heteroatoms. The van der Waals surface area contributed by atoms with Crippen molar-refractivity contribution in [2.75, 3.05) is 7.11 Å². The standard InChI is InChI=1S/C23H25FN4O3/c1-14(2)13-20(29)26-25-15(3)21-22(16-5-11-19(31-4)12-6-16)27-28(23(21)30)18-9-7-17(24)8-10-18/h5-12,14,27H,13H2,1-4H3,(H,26,29)/b25-15+. The predicted octanol–water partition coefficient (Wildman–Crippen LogP) is 3.87. The van der Waals surface area contributed by atoms with Crippen LogP contribution in [-0.4, -0.2) is 28.5 Å². The number of hydrazone groups is 1. The second-order valence-electron chi connectivity index (χ2n) is 7.54. The van der Waals surface area contributed by atoms with Crippen molar-refractivity contribution in [2.24, 2.45) is 11.0 Å². The molecule has 2 N–H and O–H groups in total. The lowest BCUT2D eigenvalue weighted by Crippen LogP contribution is -2.24. The van der Waals surface area contributed by atoms with Crippen LogP contribution >= 0.6 is 0 Å². The second-order valence-corrected chi connectivity index (χ2v) is 7.54. The van der Waals surface area contributed by atoms with Gasteiger partial charge >= 0.3 is 0 Å². The fourth-order valence-corrected chi connectivity index (χ4v) is 3.13. The molecule has 0 unspecified atom stereocenters. The van der Waals surface area contributed by atoms with Crippen molar-refractivity contribution in [1.82, 2.24) is 15.2 Å². The predicted molar refractivity (Wildman–Crippen MR) is 118 cm³/mol. The second kappa shape index (κ2) is 9.42. The van der Waals surface area contributed by atoms with Crippen LogP contribution in [0.5, 0.6) is 5.75 Å². The van der Waals surface area contributed by atoms with Crippen molar-refractivity contribution < 1.29 is 13.9 Å². The monoisotopic (exact) mass is 424 g/mol. The van der Waals surface area contributed by atoms with Gasteiger partial charge in [0.15, 0.2) is 0 Å². The molecular formula is C23H25FN4O3. The summed E-state index contributed by atoms with van der Waals surface area (Å²) in [5.74, 6) is 0.240. The quantitative estimate of drug-likeness (QED) is 0.446. The number of aromatic amines is 1. The number of halogens is 1. The van der Waals surface area contributed by atoms with Crippen molar-refractivity contribution in [2.45, 2.75) is 27.2 Å². The summed E-state index contributed by atoms with van der Waals surface area (Å²) < 4.78 is 19.9. The van der Waals surface area contributed by atoms with Gasteiger partial charge in [0.1, 0.15) is 11.6 Å². The highest BCUT2D eigenvalue weighted by molar-refractivity contribution is 6.04. The lowest BCUT2D eigenvalue weighted by Gasteiger charge is -2.06. The molecule has 0 aliphatic heterocycles. The Morgan fingerprint density at radius 1 is 1.16 bits per heavy atom. The molecule has 0 aliphatic rings. The van der Waals surface area contributed by atoms with Crippen LogP contribution in [-0.2, 0) is 4.79 Å². The molecule has 31 heavy (non-hydrogen) atoms. The van der Waals surface area contributed by atoms with Crippen LogP contribution in [0, 0.1) is 11.7 Å². The minimum Gasteiger partial charge on any atom is -0.497 e. The van der Waals surface area contributed by atoms with Gasteiger partial charge in [-0.2, -0.15) is 5.10 Å². The Kier molecular flexibility index (Phi) is 6.69. The van der Waals surface area contributed by atoms with Gasteiger partial charge in [0, 0.05) is 12.0 Å². The number of ether oxygens (including phenoxy) is 1. The number of hydrogen-bond acceptors (Lipinski definition) is 4. The summed E-state index contributed by atoms with van der Waals surface area (Å²) >= 11 is 0. The van der Waals surface area contributed by atoms with Gasteiger partial charge in [-0.3, -0.25) is 14.7 Å². The van der Waals surface area contributed by atoms with E-state index < -0.39 is 5.82 Å². The van der Waals surface area contributed by atoms with Gasteiger partial charge in [-0.15, -0.1) is 0 Å². The first-order valence-electron chi connectivity index (χ1n) is 9.89. The highest BCUT2D eigenvalue weighted by atomic mass is 19.1. The number of H-pyrrole nitrogens is 1. The largest absolute Gasteiger partial charge is 0.497 e. The first-order valence-corrected chi connectivity index (χ1v) is 9.89. The third-order valence-electron chi connectivity index (χ3n) is 4.66. The van der Waals surface area contributed by atoms with E-state index in [1.165, 1.54) is 28.9 Å². The summed E-state index contributed by atoms with van der Waals surface area (Å²) in [6.45, 7) is 5.53. The van der Waals surface area contributed by atoms with Gasteiger partial charge in [0.2, 0.25) is 5.91 Å². The molecule has 0 atom stereocenters. The fourth-order valence-electron chi connectivity index (χ4n) is 3.13. The van der Waals surface area contributed by atoms with Crippen molar-refractivity contribution >= 4 is 11.6 Å². The van der Waals surface area contributed by atoms with Gasteiger partial charge in [0.05, 0.1) is 29.8 Å². The number of aromatic nitrogens is 2. The Bertz CT molecular complexity index is 1140. The zero-order valence-electron chi connectivity index (χ0n) is 17.9. The number of methoxy groups -OCH3 is 1. The number of amides is 1. The highest BCUT2D eigenvalue weighted by Gasteiger charge is 2.20. The smallest absolute Gasteiger partial charge is 0.281 e. The van der Waals surface area contributed by atoms with Gasteiger partial charge in [0.25, 0.3) is 5.56 Å². The Hall–Kier alpha value is -3.68. The maximum absolute atomic E-state index is 13.3. The third kappa shape index (κ3) is 5.09. The van der Waals surface area contributed by atoms with Crippen LogP contribution in [0.1, 0.15) is 32.8 Å². The molecule has 1 aromatic heterocycles. The maximum atomic E-state index is 13.3. The molecule has 0 fully saturated rings. The molecule has 1 amide bonds. The topological polar surface area (TPSA) is 88.5 Å². The SMILES string of the molecule is COc1ccc(-c2[nH]n(-c3ccc(F)cc3)c(=O)c2/C(C)=N/NC(=O)CC(C)C)cc1. The number of nitrogens with one attached hydrogen (secondary N) is 2. The molecule has 2 aromatic carbocycles. The molecule has 0 saturated heterocycles. The van der Waals surface area contributed by atoms with E-state index in [1.807, 2.05) is 26.0 Å². The van der Waals surface area contributed by atoms with E-state index in [0.29, 0.717) is 34.8 Å². The number of carbonyl (C=O) groups excluding carboxylic acids is 1. The van der Waals surface area contributed by atoms with Gasteiger partial charge in [-0.05, 0) is 61.4 Å². The molecule has 162 valence electrons. The van der Waals surface area contributed by atoms with Gasteiger partial charge < -0.3 is 4.74 Å². The van der Waals surface area contributed by atoms with E-state index in [-0.39, 0.29) is 17.4 Å². The fraction of sp³-hybridized carbons (Fsp3) is 0.261. The van der Waals surface area contributed by atoms with Crippen molar-refractivity contribution in [3.05, 3.63) is 70.3 Å². The van der Waals surface area contributed by atoms with Crippen LogP contribution < -0.4 is 15.7 Å². The molecule has 0 bridgehead atoms. The Morgan fingerprint density at radius 3 is 2.39 bits per heavy atom. The number of nitrogens with zero attached hydrogens (tertiary/aromatic N) is 2. The average molecular weight is 424 g/mol. The number of benzene rings is 2. The molecule has 0 aliphatic carbocycles. The first kappa shape index (κ1) is 22.0. The van der Waals surface area contributed by atoms with Gasteiger partial charge in [-0.1, -0.05) is 13.8 Å². The first-order chi connectivity index (χ1) is 14.8. The molecule has 3 aromatic rings. The number of rotatable bonds is 7. The van der Waals surface area contributed by atoms with Crippen molar-refractivity contribution in [1.29, 1.82) is 0 Å². The van der Waals surface area contributed by atoms with E-state index in [1.54, 1.807) is 26.2 Å². The molecule has 3 rings (SSSR count). The molecule has 0 spiro atoms. The Balaban J connectivity index is 2.09. The number of carbonyl (C=O) groups is 1. The summed E-state index contributed by atoms with van der Waals surface area (Å²) in [5.41, 5.74) is 4.54. The summed E-state index contributed by atoms with van der Waals surface area (Å²) in [5, 5.41) is 7.24. The third-order valence-corrected chi connectivity index (χ3v) is 4.66. The summed E-state index contributed by atoms with van der Waals surface area (Å²) in [7, 11) is 1.57. The summed E-state index contributed by atoms with van der Waals surface area (Å²) in [6, 6.07) is 12.8.